The second kappa shape index (κ2) is 9.51. The molecule has 0 spiro atoms. The van der Waals surface area contributed by atoms with Gasteiger partial charge < -0.3 is 9.84 Å². The Bertz CT molecular complexity index is 782. The number of carbonyl (C=O) groups excluding carboxylic acids is 1. The van der Waals surface area contributed by atoms with Crippen LogP contribution in [0.25, 0.3) is 0 Å². The lowest BCUT2D eigenvalue weighted by Crippen LogP contribution is -2.18. The number of phenolic OH excluding ortho intramolecular Hbond substituents is 1. The van der Waals surface area contributed by atoms with Crippen molar-refractivity contribution in [3.05, 3.63) is 57.0 Å². The Kier molecular flexibility index (Phi) is 7.37. The van der Waals surface area contributed by atoms with Crippen LogP contribution in [0.15, 0.2) is 41.5 Å². The van der Waals surface area contributed by atoms with Gasteiger partial charge in [0.15, 0.2) is 0 Å². The molecule has 2 aromatic rings. The molecule has 0 atom stereocenters. The van der Waals surface area contributed by atoms with Gasteiger partial charge in [-0.15, -0.1) is 0 Å². The van der Waals surface area contributed by atoms with Crippen LogP contribution < -0.4 is 10.2 Å². The first kappa shape index (κ1) is 19.4. The number of benzene rings is 2. The van der Waals surface area contributed by atoms with Gasteiger partial charge in [0.25, 0.3) is 0 Å². The Morgan fingerprint density at radius 1 is 1.16 bits per heavy atom. The molecule has 2 aromatic carbocycles. The summed E-state index contributed by atoms with van der Waals surface area (Å²) >= 11 is 17.6. The summed E-state index contributed by atoms with van der Waals surface area (Å²) in [6, 6.07) is 9.48. The number of hydrazone groups is 1. The lowest BCUT2D eigenvalue weighted by molar-refractivity contribution is -0.121. The fourth-order valence-electron chi connectivity index (χ4n) is 1.87. The second-order valence-corrected chi connectivity index (χ2v) is 6.30. The second-order valence-electron chi connectivity index (χ2n) is 5.02. The van der Waals surface area contributed by atoms with E-state index in [0.29, 0.717) is 39.4 Å². The van der Waals surface area contributed by atoms with E-state index in [4.69, 9.17) is 39.5 Å². The van der Waals surface area contributed by atoms with Crippen LogP contribution in [0.4, 0.5) is 0 Å². The predicted molar refractivity (Wildman–Crippen MR) is 100 cm³/mol. The topological polar surface area (TPSA) is 70.9 Å². The molecule has 0 aromatic heterocycles. The minimum absolute atomic E-state index is 0.0237. The molecule has 0 saturated heterocycles. The summed E-state index contributed by atoms with van der Waals surface area (Å²) in [5.41, 5.74) is 2.78. The van der Waals surface area contributed by atoms with E-state index >= 15 is 0 Å². The summed E-state index contributed by atoms with van der Waals surface area (Å²) in [4.78, 5) is 11.7. The third-order valence-electron chi connectivity index (χ3n) is 3.08. The first-order valence-corrected chi connectivity index (χ1v) is 8.47. The maximum atomic E-state index is 11.7. The number of hydrogen-bond acceptors (Lipinski definition) is 4. The van der Waals surface area contributed by atoms with E-state index in [-0.39, 0.29) is 18.1 Å². The van der Waals surface area contributed by atoms with Crippen molar-refractivity contribution >= 4 is 46.9 Å². The summed E-state index contributed by atoms with van der Waals surface area (Å²) in [5.74, 6) is 0.264. The molecular weight excluding hydrogens is 387 g/mol. The third kappa shape index (κ3) is 6.46. The maximum absolute atomic E-state index is 11.7. The van der Waals surface area contributed by atoms with Crippen LogP contribution in [0.2, 0.25) is 15.1 Å². The van der Waals surface area contributed by atoms with Crippen LogP contribution in [-0.4, -0.2) is 23.8 Å². The first-order valence-electron chi connectivity index (χ1n) is 7.34. The summed E-state index contributed by atoms with van der Waals surface area (Å²) in [7, 11) is 0. The largest absolute Gasteiger partial charge is 0.507 e. The molecule has 0 bridgehead atoms. The molecule has 0 saturated carbocycles. The van der Waals surface area contributed by atoms with Crippen LogP contribution in [0.3, 0.4) is 0 Å². The van der Waals surface area contributed by atoms with Crippen molar-refractivity contribution in [2.24, 2.45) is 5.10 Å². The number of phenols is 1. The van der Waals surface area contributed by atoms with Gasteiger partial charge in [-0.1, -0.05) is 34.8 Å². The molecule has 1 amide bonds. The van der Waals surface area contributed by atoms with Gasteiger partial charge in [-0.25, -0.2) is 5.43 Å². The van der Waals surface area contributed by atoms with Crippen molar-refractivity contribution in [2.45, 2.75) is 12.8 Å². The minimum Gasteiger partial charge on any atom is -0.507 e. The number of ether oxygens (including phenoxy) is 1. The van der Waals surface area contributed by atoms with E-state index in [1.807, 2.05) is 0 Å². The predicted octanol–water partition coefficient (Wildman–Crippen LogP) is 4.66. The smallest absolute Gasteiger partial charge is 0.240 e. The number of nitrogens with zero attached hydrogens (tertiary/aromatic N) is 1. The van der Waals surface area contributed by atoms with Crippen molar-refractivity contribution in [3.63, 3.8) is 0 Å². The zero-order valence-corrected chi connectivity index (χ0v) is 15.3. The van der Waals surface area contributed by atoms with E-state index in [0.717, 1.165) is 0 Å². The molecule has 0 fully saturated rings. The van der Waals surface area contributed by atoms with Gasteiger partial charge in [0.05, 0.1) is 17.8 Å². The molecule has 2 N–H and O–H groups in total. The highest BCUT2D eigenvalue weighted by Gasteiger charge is 2.04. The quantitative estimate of drug-likeness (QED) is 0.402. The van der Waals surface area contributed by atoms with Crippen LogP contribution in [-0.2, 0) is 4.79 Å². The number of carbonyl (C=O) groups is 1. The van der Waals surface area contributed by atoms with Crippen molar-refractivity contribution in [1.82, 2.24) is 5.43 Å². The summed E-state index contributed by atoms with van der Waals surface area (Å²) in [6.45, 7) is 0.327. The number of aromatic hydroxyl groups is 1. The Balaban J connectivity index is 1.72. The average molecular weight is 402 g/mol. The standard InChI is InChI=1S/C17H15Cl3N2O3/c18-12-3-5-15(23)11(8-12)10-21-22-17(24)2-1-7-25-16-6-4-13(19)9-14(16)20/h3-6,8-10,23H,1-2,7H2,(H,22,24)/b21-10+. The molecule has 0 aliphatic carbocycles. The number of nitrogens with one attached hydrogen (secondary N) is 1. The van der Waals surface area contributed by atoms with Gasteiger partial charge in [0, 0.05) is 22.0 Å². The van der Waals surface area contributed by atoms with Gasteiger partial charge in [-0.3, -0.25) is 4.79 Å². The van der Waals surface area contributed by atoms with Crippen molar-refractivity contribution in [2.75, 3.05) is 6.61 Å². The molecule has 5 nitrogen and oxygen atoms in total. The van der Waals surface area contributed by atoms with Gasteiger partial charge in [0.2, 0.25) is 5.91 Å². The molecule has 2 rings (SSSR count). The lowest BCUT2D eigenvalue weighted by atomic mass is 10.2. The molecule has 0 aliphatic heterocycles. The lowest BCUT2D eigenvalue weighted by Gasteiger charge is -2.07. The highest BCUT2D eigenvalue weighted by molar-refractivity contribution is 6.35. The van der Waals surface area contributed by atoms with Crippen LogP contribution in [0.1, 0.15) is 18.4 Å². The van der Waals surface area contributed by atoms with E-state index in [1.165, 1.54) is 18.3 Å². The fourth-order valence-corrected chi connectivity index (χ4v) is 2.51. The summed E-state index contributed by atoms with van der Waals surface area (Å²) in [5, 5.41) is 14.8. The third-order valence-corrected chi connectivity index (χ3v) is 3.85. The van der Waals surface area contributed by atoms with Crippen LogP contribution in [0.5, 0.6) is 11.5 Å². The van der Waals surface area contributed by atoms with Gasteiger partial charge >= 0.3 is 0 Å². The Morgan fingerprint density at radius 2 is 1.88 bits per heavy atom. The zero-order chi connectivity index (χ0) is 18.2. The van der Waals surface area contributed by atoms with Crippen LogP contribution in [0, 0.1) is 0 Å². The molecule has 0 heterocycles. The average Bonchev–Trinajstić information content (AvgIpc) is 2.56. The molecular formula is C17H15Cl3N2O3. The summed E-state index contributed by atoms with van der Waals surface area (Å²) in [6.07, 6.45) is 2.04. The normalized spacial score (nSPS) is 10.8. The number of rotatable bonds is 7. The summed E-state index contributed by atoms with van der Waals surface area (Å²) < 4.78 is 5.49. The van der Waals surface area contributed by atoms with Gasteiger partial charge in [0.1, 0.15) is 11.5 Å². The monoisotopic (exact) mass is 400 g/mol. The van der Waals surface area contributed by atoms with E-state index in [2.05, 4.69) is 10.5 Å². The van der Waals surface area contributed by atoms with E-state index in [1.54, 1.807) is 24.3 Å². The highest BCUT2D eigenvalue weighted by atomic mass is 35.5. The Labute approximate surface area is 160 Å². The molecule has 0 aliphatic rings. The van der Waals surface area contributed by atoms with E-state index < -0.39 is 0 Å². The zero-order valence-electron chi connectivity index (χ0n) is 13.0. The number of amides is 1. The van der Waals surface area contributed by atoms with E-state index in [9.17, 15) is 9.90 Å². The molecule has 8 heteroatoms. The Morgan fingerprint density at radius 3 is 2.64 bits per heavy atom. The minimum atomic E-state index is -0.274. The van der Waals surface area contributed by atoms with Crippen molar-refractivity contribution in [1.29, 1.82) is 0 Å². The van der Waals surface area contributed by atoms with Crippen LogP contribution >= 0.6 is 34.8 Å². The molecule has 0 unspecified atom stereocenters. The molecule has 132 valence electrons. The van der Waals surface area contributed by atoms with Gasteiger partial charge in [-0.2, -0.15) is 5.10 Å². The fraction of sp³-hybridized carbons (Fsp3) is 0.176. The molecule has 25 heavy (non-hydrogen) atoms. The SMILES string of the molecule is O=C(CCCOc1ccc(Cl)cc1Cl)N/N=C/c1cc(Cl)ccc1O. The first-order chi connectivity index (χ1) is 12.0. The maximum Gasteiger partial charge on any atom is 0.240 e. The number of halogens is 3. The number of hydrogen-bond donors (Lipinski definition) is 2. The highest BCUT2D eigenvalue weighted by Crippen LogP contribution is 2.27. The Hall–Kier alpha value is -1.95. The van der Waals surface area contributed by atoms with Crippen molar-refractivity contribution < 1.29 is 14.6 Å². The van der Waals surface area contributed by atoms with Crippen molar-refractivity contribution in [3.8, 4) is 11.5 Å². The van der Waals surface area contributed by atoms with Gasteiger partial charge in [-0.05, 0) is 42.8 Å². The molecule has 0 radical (unpaired) electrons.